The molecule has 0 saturated heterocycles. The minimum absolute atomic E-state index is 0.0706. The van der Waals surface area contributed by atoms with Crippen LogP contribution in [0.5, 0.6) is 0 Å². The van der Waals surface area contributed by atoms with E-state index < -0.39 is 0 Å². The van der Waals surface area contributed by atoms with E-state index in [2.05, 4.69) is 4.98 Å². The number of aliphatic hydroxyl groups excluding tert-OH is 1. The van der Waals surface area contributed by atoms with Crippen LogP contribution in [-0.4, -0.2) is 15.9 Å². The number of allylic oxidation sites excluding steroid dienone is 1. The minimum atomic E-state index is -0.0800. The second kappa shape index (κ2) is 5.29. The van der Waals surface area contributed by atoms with Gasteiger partial charge in [-0.05, 0) is 24.3 Å². The molecule has 1 aromatic heterocycles. The number of rotatable bonds is 4. The van der Waals surface area contributed by atoms with Gasteiger partial charge >= 0.3 is 0 Å². The Morgan fingerprint density at radius 2 is 2.36 bits per heavy atom. The smallest absolute Gasteiger partial charge is 0.155 e. The van der Waals surface area contributed by atoms with Gasteiger partial charge in [0.15, 0.2) is 5.78 Å². The Morgan fingerprint density at radius 3 is 3.00 bits per heavy atom. The molecule has 0 amide bonds. The van der Waals surface area contributed by atoms with E-state index >= 15 is 0 Å². The van der Waals surface area contributed by atoms with Crippen molar-refractivity contribution in [3.05, 3.63) is 35.7 Å². The number of nitrogens with zero attached hydrogens (tertiary/aromatic N) is 1. The molecule has 0 aliphatic carbocycles. The Balaban J connectivity index is 2.76. The van der Waals surface area contributed by atoms with E-state index in [4.69, 9.17) is 5.11 Å². The molecule has 1 heterocycles. The molecule has 0 spiro atoms. The molecular formula is C11H13NO2. The maximum atomic E-state index is 11.0. The number of hydrogen-bond donors (Lipinski definition) is 1. The number of pyridine rings is 1. The van der Waals surface area contributed by atoms with Crippen molar-refractivity contribution in [3.63, 3.8) is 0 Å². The van der Waals surface area contributed by atoms with Gasteiger partial charge in [-0.3, -0.25) is 9.78 Å². The topological polar surface area (TPSA) is 50.2 Å². The first kappa shape index (κ1) is 10.6. The highest BCUT2D eigenvalue weighted by Gasteiger charge is 1.94. The maximum Gasteiger partial charge on any atom is 0.155 e. The molecule has 1 aromatic rings. The molecule has 3 heteroatoms. The Morgan fingerprint density at radius 1 is 1.57 bits per heavy atom. The molecule has 14 heavy (non-hydrogen) atoms. The maximum absolute atomic E-state index is 11.0. The molecule has 0 atom stereocenters. The Hall–Kier alpha value is -1.48. The molecule has 0 fully saturated rings. The number of aromatic nitrogens is 1. The number of ketones is 1. The van der Waals surface area contributed by atoms with E-state index in [1.165, 1.54) is 6.08 Å². The summed E-state index contributed by atoms with van der Waals surface area (Å²) in [4.78, 5) is 15.1. The third-order valence-corrected chi connectivity index (χ3v) is 1.78. The summed E-state index contributed by atoms with van der Waals surface area (Å²) in [6.07, 6.45) is 3.66. The zero-order valence-corrected chi connectivity index (χ0v) is 8.10. The fourth-order valence-corrected chi connectivity index (χ4v) is 0.975. The Kier molecular flexibility index (Phi) is 4.01. The number of hydrogen-bond acceptors (Lipinski definition) is 3. The molecule has 1 N–H and O–H groups in total. The van der Waals surface area contributed by atoms with Crippen LogP contribution in [0.3, 0.4) is 0 Å². The van der Waals surface area contributed by atoms with Gasteiger partial charge in [0, 0.05) is 6.42 Å². The van der Waals surface area contributed by atoms with Crippen LogP contribution >= 0.6 is 0 Å². The van der Waals surface area contributed by atoms with Crippen LogP contribution in [0.4, 0.5) is 0 Å². The van der Waals surface area contributed by atoms with Crippen molar-refractivity contribution in [1.29, 1.82) is 0 Å². The van der Waals surface area contributed by atoms with Crippen molar-refractivity contribution in [1.82, 2.24) is 4.98 Å². The molecule has 3 nitrogen and oxygen atoms in total. The summed E-state index contributed by atoms with van der Waals surface area (Å²) in [5, 5.41) is 8.83. The predicted octanol–water partition coefficient (Wildman–Crippen LogP) is 1.57. The lowest BCUT2D eigenvalue weighted by atomic mass is 10.2. The summed E-state index contributed by atoms with van der Waals surface area (Å²) < 4.78 is 0. The van der Waals surface area contributed by atoms with Gasteiger partial charge in [-0.1, -0.05) is 13.0 Å². The SMILES string of the molecule is CCC(=O)/C=C/c1cccc(CO)n1. The summed E-state index contributed by atoms with van der Waals surface area (Å²) >= 11 is 0. The van der Waals surface area contributed by atoms with Crippen LogP contribution in [0.25, 0.3) is 6.08 Å². The van der Waals surface area contributed by atoms with Crippen molar-refractivity contribution in [2.24, 2.45) is 0 Å². The van der Waals surface area contributed by atoms with Gasteiger partial charge in [-0.25, -0.2) is 0 Å². The van der Waals surface area contributed by atoms with E-state index in [0.717, 1.165) is 0 Å². The van der Waals surface area contributed by atoms with Gasteiger partial charge in [-0.2, -0.15) is 0 Å². The van der Waals surface area contributed by atoms with Crippen LogP contribution in [0, 0.1) is 0 Å². The molecule has 0 aliphatic rings. The fraction of sp³-hybridized carbons (Fsp3) is 0.273. The van der Waals surface area contributed by atoms with E-state index in [9.17, 15) is 4.79 Å². The zero-order valence-electron chi connectivity index (χ0n) is 8.10. The van der Waals surface area contributed by atoms with Crippen molar-refractivity contribution >= 4 is 11.9 Å². The Bertz CT molecular complexity index is 345. The standard InChI is InChI=1S/C11H13NO2/c1-2-11(14)7-6-9-4-3-5-10(8-13)12-9/h3-7,13H,2,8H2,1H3/b7-6+. The molecule has 0 radical (unpaired) electrons. The quantitative estimate of drug-likeness (QED) is 0.735. The van der Waals surface area contributed by atoms with Crippen LogP contribution in [0.2, 0.25) is 0 Å². The second-order valence-corrected chi connectivity index (χ2v) is 2.87. The highest BCUT2D eigenvalue weighted by molar-refractivity contribution is 5.93. The highest BCUT2D eigenvalue weighted by atomic mass is 16.3. The summed E-state index contributed by atoms with van der Waals surface area (Å²) in [7, 11) is 0. The van der Waals surface area contributed by atoms with E-state index in [1.54, 1.807) is 24.3 Å². The largest absolute Gasteiger partial charge is 0.390 e. The minimum Gasteiger partial charge on any atom is -0.390 e. The third-order valence-electron chi connectivity index (χ3n) is 1.78. The molecule has 0 aromatic carbocycles. The molecule has 1 rings (SSSR count). The van der Waals surface area contributed by atoms with Gasteiger partial charge in [0.05, 0.1) is 18.0 Å². The Labute approximate surface area is 83.1 Å². The number of aliphatic hydroxyl groups is 1. The van der Waals surface area contributed by atoms with E-state index in [1.807, 2.05) is 6.92 Å². The van der Waals surface area contributed by atoms with Crippen molar-refractivity contribution < 1.29 is 9.90 Å². The van der Waals surface area contributed by atoms with Gasteiger partial charge in [0.25, 0.3) is 0 Å². The summed E-state index contributed by atoms with van der Waals surface area (Å²) in [6.45, 7) is 1.73. The average Bonchev–Trinajstić information content (AvgIpc) is 2.26. The molecule has 0 bridgehead atoms. The third kappa shape index (κ3) is 3.11. The number of carbonyl (C=O) groups excluding carboxylic acids is 1. The molecule has 0 aliphatic heterocycles. The number of carbonyl (C=O) groups is 1. The van der Waals surface area contributed by atoms with Crippen LogP contribution in [0.1, 0.15) is 24.7 Å². The van der Waals surface area contributed by atoms with Crippen LogP contribution < -0.4 is 0 Å². The molecular weight excluding hydrogens is 178 g/mol. The van der Waals surface area contributed by atoms with Gasteiger partial charge in [0.1, 0.15) is 0 Å². The molecule has 74 valence electrons. The van der Waals surface area contributed by atoms with Gasteiger partial charge < -0.3 is 5.11 Å². The first-order valence-electron chi connectivity index (χ1n) is 4.54. The summed E-state index contributed by atoms with van der Waals surface area (Å²) in [6, 6.07) is 5.33. The van der Waals surface area contributed by atoms with Crippen LogP contribution in [0.15, 0.2) is 24.3 Å². The normalized spacial score (nSPS) is 10.7. The van der Waals surface area contributed by atoms with Crippen molar-refractivity contribution in [3.8, 4) is 0 Å². The monoisotopic (exact) mass is 191 g/mol. The van der Waals surface area contributed by atoms with E-state index in [0.29, 0.717) is 17.8 Å². The average molecular weight is 191 g/mol. The predicted molar refractivity (Wildman–Crippen MR) is 54.5 cm³/mol. The van der Waals surface area contributed by atoms with Crippen molar-refractivity contribution in [2.75, 3.05) is 0 Å². The zero-order chi connectivity index (χ0) is 10.4. The van der Waals surface area contributed by atoms with Gasteiger partial charge in [0.2, 0.25) is 0 Å². The highest BCUT2D eigenvalue weighted by Crippen LogP contribution is 2.01. The van der Waals surface area contributed by atoms with Crippen LogP contribution in [-0.2, 0) is 11.4 Å². The van der Waals surface area contributed by atoms with E-state index in [-0.39, 0.29) is 12.4 Å². The molecule has 0 unspecified atom stereocenters. The molecule has 0 saturated carbocycles. The lowest BCUT2D eigenvalue weighted by molar-refractivity contribution is -0.114. The van der Waals surface area contributed by atoms with Gasteiger partial charge in [-0.15, -0.1) is 0 Å². The second-order valence-electron chi connectivity index (χ2n) is 2.87. The summed E-state index contributed by atoms with van der Waals surface area (Å²) in [5.74, 6) is 0.0706. The first-order valence-corrected chi connectivity index (χ1v) is 4.54. The summed E-state index contributed by atoms with van der Waals surface area (Å²) in [5.41, 5.74) is 1.30. The lowest BCUT2D eigenvalue weighted by Gasteiger charge is -1.96. The lowest BCUT2D eigenvalue weighted by Crippen LogP contribution is -1.91. The first-order chi connectivity index (χ1) is 6.76. The fourth-order valence-electron chi connectivity index (χ4n) is 0.975. The van der Waals surface area contributed by atoms with Crippen molar-refractivity contribution in [2.45, 2.75) is 20.0 Å².